The topological polar surface area (TPSA) is 29.9 Å². The summed E-state index contributed by atoms with van der Waals surface area (Å²) >= 11 is 8.60. The Morgan fingerprint density at radius 1 is 1.45 bits per heavy atom. The second-order valence-electron chi connectivity index (χ2n) is 5.72. The molecule has 0 unspecified atom stereocenters. The van der Waals surface area contributed by atoms with Gasteiger partial charge in [0.1, 0.15) is 5.82 Å². The molecule has 1 aliphatic rings. The number of imidazole rings is 1. The van der Waals surface area contributed by atoms with Crippen molar-refractivity contribution in [1.82, 2.24) is 9.55 Å². The van der Waals surface area contributed by atoms with Crippen LogP contribution in [0, 0.1) is 16.0 Å². The molecule has 0 spiro atoms. The van der Waals surface area contributed by atoms with Gasteiger partial charge in [-0.3, -0.25) is 0 Å². The Bertz CT molecular complexity index is 703. The second-order valence-corrected chi connectivity index (χ2v) is 6.96. The fourth-order valence-corrected chi connectivity index (χ4v) is 3.33. The minimum absolute atomic E-state index is 0.148. The van der Waals surface area contributed by atoms with E-state index in [-0.39, 0.29) is 11.2 Å². The maximum absolute atomic E-state index is 13.8. The van der Waals surface area contributed by atoms with Crippen LogP contribution in [0.5, 0.6) is 0 Å². The van der Waals surface area contributed by atoms with Crippen LogP contribution in [0.3, 0.4) is 0 Å². The van der Waals surface area contributed by atoms with Gasteiger partial charge >= 0.3 is 0 Å². The van der Waals surface area contributed by atoms with Gasteiger partial charge in [0.05, 0.1) is 15.5 Å². The lowest BCUT2D eigenvalue weighted by Gasteiger charge is -2.33. The summed E-state index contributed by atoms with van der Waals surface area (Å²) in [6.07, 6.45) is 2.00. The average molecular weight is 359 g/mol. The van der Waals surface area contributed by atoms with Crippen molar-refractivity contribution in [3.05, 3.63) is 27.2 Å². The first-order valence-corrected chi connectivity index (χ1v) is 7.84. The van der Waals surface area contributed by atoms with Crippen LogP contribution in [0.25, 0.3) is 11.0 Å². The Balaban J connectivity index is 2.04. The van der Waals surface area contributed by atoms with E-state index < -0.39 is 0 Å². The number of H-pyrrole nitrogens is 1. The Kier molecular flexibility index (Phi) is 3.73. The highest BCUT2D eigenvalue weighted by Gasteiger charge is 2.28. The molecule has 1 saturated heterocycles. The molecule has 6 heteroatoms. The number of benzene rings is 1. The number of rotatable bonds is 2. The molecule has 1 aromatic heterocycles. The maximum Gasteiger partial charge on any atom is 0.178 e. The van der Waals surface area contributed by atoms with E-state index in [4.69, 9.17) is 17.0 Å². The van der Waals surface area contributed by atoms with E-state index in [2.05, 4.69) is 27.8 Å². The molecule has 0 aliphatic carbocycles. The van der Waals surface area contributed by atoms with E-state index >= 15 is 0 Å². The van der Waals surface area contributed by atoms with Crippen molar-refractivity contribution in [2.45, 2.75) is 26.3 Å². The maximum atomic E-state index is 13.8. The number of hydrogen-bond acceptors (Lipinski definition) is 2. The minimum Gasteiger partial charge on any atom is -0.381 e. The molecular weight excluding hydrogens is 343 g/mol. The van der Waals surface area contributed by atoms with Gasteiger partial charge in [0.2, 0.25) is 0 Å². The molecule has 1 aliphatic heterocycles. The highest BCUT2D eigenvalue weighted by Crippen LogP contribution is 2.33. The average Bonchev–Trinajstić information content (AvgIpc) is 2.67. The second kappa shape index (κ2) is 5.24. The van der Waals surface area contributed by atoms with Crippen LogP contribution in [0.15, 0.2) is 16.6 Å². The Hall–Kier alpha value is -0.720. The van der Waals surface area contributed by atoms with Gasteiger partial charge in [0.15, 0.2) is 4.77 Å². The third kappa shape index (κ3) is 2.56. The number of nitrogens with zero attached hydrogens (tertiary/aromatic N) is 1. The predicted octanol–water partition coefficient (Wildman–Crippen LogP) is 4.42. The summed E-state index contributed by atoms with van der Waals surface area (Å²) in [6.45, 7) is 4.60. The first kappa shape index (κ1) is 14.2. The van der Waals surface area contributed by atoms with Gasteiger partial charge in [-0.25, -0.2) is 4.39 Å². The molecule has 0 atom stereocenters. The van der Waals surface area contributed by atoms with E-state index in [0.29, 0.717) is 9.24 Å². The number of nitrogens with one attached hydrogen (secondary N) is 1. The van der Waals surface area contributed by atoms with Crippen molar-refractivity contribution < 1.29 is 9.13 Å². The summed E-state index contributed by atoms with van der Waals surface area (Å²) in [5.41, 5.74) is 1.83. The molecule has 2 heterocycles. The van der Waals surface area contributed by atoms with Crippen LogP contribution in [-0.2, 0) is 11.3 Å². The Morgan fingerprint density at radius 2 is 2.15 bits per heavy atom. The molecule has 1 N–H and O–H groups in total. The van der Waals surface area contributed by atoms with E-state index in [9.17, 15) is 4.39 Å². The van der Waals surface area contributed by atoms with Crippen LogP contribution in [-0.4, -0.2) is 22.8 Å². The van der Waals surface area contributed by atoms with Gasteiger partial charge in [-0.05, 0) is 52.5 Å². The molecule has 0 radical (unpaired) electrons. The number of halogens is 2. The number of aromatic nitrogens is 2. The summed E-state index contributed by atoms with van der Waals surface area (Å²) in [6, 6.07) is 3.28. The van der Waals surface area contributed by atoms with Crippen molar-refractivity contribution in [2.24, 2.45) is 5.41 Å². The lowest BCUT2D eigenvalue weighted by Crippen LogP contribution is -2.31. The van der Waals surface area contributed by atoms with Gasteiger partial charge in [-0.1, -0.05) is 6.92 Å². The Morgan fingerprint density at radius 3 is 2.85 bits per heavy atom. The van der Waals surface area contributed by atoms with E-state index in [0.717, 1.165) is 43.6 Å². The fourth-order valence-electron chi connectivity index (χ4n) is 2.71. The molecule has 1 fully saturated rings. The highest BCUT2D eigenvalue weighted by molar-refractivity contribution is 9.10. The number of aromatic amines is 1. The largest absolute Gasteiger partial charge is 0.381 e. The molecule has 0 bridgehead atoms. The quantitative estimate of drug-likeness (QED) is 0.805. The molecule has 0 amide bonds. The van der Waals surface area contributed by atoms with Gasteiger partial charge in [-0.2, -0.15) is 0 Å². The molecule has 3 rings (SSSR count). The van der Waals surface area contributed by atoms with Crippen LogP contribution in [0.2, 0.25) is 0 Å². The molecule has 108 valence electrons. The van der Waals surface area contributed by atoms with Crippen LogP contribution < -0.4 is 0 Å². The third-order valence-electron chi connectivity index (χ3n) is 4.06. The van der Waals surface area contributed by atoms with Crippen LogP contribution in [0.1, 0.15) is 19.8 Å². The number of fused-ring (bicyclic) bond motifs is 1. The molecule has 20 heavy (non-hydrogen) atoms. The predicted molar refractivity (Wildman–Crippen MR) is 82.9 cm³/mol. The lowest BCUT2D eigenvalue weighted by molar-refractivity contribution is 0.0158. The molecule has 1 aromatic carbocycles. The first-order chi connectivity index (χ1) is 9.48. The van der Waals surface area contributed by atoms with Gasteiger partial charge in [0, 0.05) is 25.8 Å². The first-order valence-electron chi connectivity index (χ1n) is 6.64. The molecule has 2 aromatic rings. The van der Waals surface area contributed by atoms with E-state index in [1.54, 1.807) is 6.07 Å². The van der Waals surface area contributed by atoms with Crippen molar-refractivity contribution in [2.75, 3.05) is 13.2 Å². The third-order valence-corrected chi connectivity index (χ3v) is 4.99. The fraction of sp³-hybridized carbons (Fsp3) is 0.500. The van der Waals surface area contributed by atoms with Crippen molar-refractivity contribution in [3.8, 4) is 0 Å². The minimum atomic E-state index is -0.266. The summed E-state index contributed by atoms with van der Waals surface area (Å²) in [5, 5.41) is 0. The molecule has 0 saturated carbocycles. The summed E-state index contributed by atoms with van der Waals surface area (Å²) < 4.78 is 22.3. The van der Waals surface area contributed by atoms with Crippen molar-refractivity contribution in [1.29, 1.82) is 0 Å². The smallest absolute Gasteiger partial charge is 0.178 e. The standard InChI is InChI=1S/C14H16BrFN2OS/c1-14(2-4-19-5-3-14)8-18-12-7-10(16)9(15)6-11(12)17-13(18)20/h6-7H,2-5,8H2,1H3,(H,17,20). The van der Waals surface area contributed by atoms with Crippen LogP contribution >= 0.6 is 28.1 Å². The summed E-state index contributed by atoms with van der Waals surface area (Å²) in [7, 11) is 0. The Labute approximate surface area is 130 Å². The number of hydrogen-bond donors (Lipinski definition) is 1. The van der Waals surface area contributed by atoms with Crippen molar-refractivity contribution in [3.63, 3.8) is 0 Å². The monoisotopic (exact) mass is 358 g/mol. The van der Waals surface area contributed by atoms with Gasteiger partial charge in [0.25, 0.3) is 0 Å². The molecule has 3 nitrogen and oxygen atoms in total. The van der Waals surface area contributed by atoms with Gasteiger partial charge in [-0.15, -0.1) is 0 Å². The summed E-state index contributed by atoms with van der Waals surface area (Å²) in [4.78, 5) is 3.15. The lowest BCUT2D eigenvalue weighted by atomic mass is 9.82. The van der Waals surface area contributed by atoms with Crippen molar-refractivity contribution >= 4 is 39.2 Å². The zero-order chi connectivity index (χ0) is 14.3. The van der Waals surface area contributed by atoms with Gasteiger partial charge < -0.3 is 14.3 Å². The molecular formula is C14H16BrFN2OS. The SMILES string of the molecule is CC1(Cn2c(=S)[nH]c3cc(Br)c(F)cc32)CCOCC1. The normalized spacial score (nSPS) is 18.6. The van der Waals surface area contributed by atoms with Crippen LogP contribution in [0.4, 0.5) is 4.39 Å². The summed E-state index contributed by atoms with van der Waals surface area (Å²) in [5.74, 6) is -0.266. The highest BCUT2D eigenvalue weighted by atomic mass is 79.9. The van der Waals surface area contributed by atoms with E-state index in [1.807, 2.05) is 4.57 Å². The zero-order valence-electron chi connectivity index (χ0n) is 11.2. The number of ether oxygens (including phenoxy) is 1. The van der Waals surface area contributed by atoms with E-state index in [1.165, 1.54) is 6.07 Å². The zero-order valence-corrected chi connectivity index (χ0v) is 13.6.